The number of carbonyl (C=O) groups excluding carboxylic acids is 1. The van der Waals surface area contributed by atoms with Crippen molar-refractivity contribution in [2.45, 2.75) is 45.6 Å². The highest BCUT2D eigenvalue weighted by Gasteiger charge is 2.15. The number of hydrogen-bond acceptors (Lipinski definition) is 4. The normalized spacial score (nSPS) is 11.3. The minimum atomic E-state index is -0.243. The highest BCUT2D eigenvalue weighted by molar-refractivity contribution is 9.10. The SMILES string of the molecule is COCCCCCNC(=O)Cn1nc(C(C)C)c2cc(Br)ccc2c1=O. The monoisotopic (exact) mass is 423 g/mol. The van der Waals surface area contributed by atoms with Crippen molar-refractivity contribution in [1.82, 2.24) is 15.1 Å². The molecule has 1 amide bonds. The molecule has 142 valence electrons. The number of unbranched alkanes of at least 4 members (excludes halogenated alkanes) is 2. The summed E-state index contributed by atoms with van der Waals surface area (Å²) in [4.78, 5) is 24.9. The zero-order chi connectivity index (χ0) is 19.1. The topological polar surface area (TPSA) is 73.2 Å². The molecule has 0 saturated carbocycles. The maximum atomic E-state index is 12.7. The first-order chi connectivity index (χ1) is 12.4. The molecule has 7 heteroatoms. The molecular weight excluding hydrogens is 398 g/mol. The van der Waals surface area contributed by atoms with Crippen molar-refractivity contribution in [1.29, 1.82) is 0 Å². The summed E-state index contributed by atoms with van der Waals surface area (Å²) in [6.45, 7) is 5.31. The lowest BCUT2D eigenvalue weighted by Gasteiger charge is -2.13. The standard InChI is InChI=1S/C19H26BrN3O3/c1-13(2)18-16-11-14(20)7-8-15(16)19(25)23(22-18)12-17(24)21-9-5-4-6-10-26-3/h7-8,11,13H,4-6,9-10,12H2,1-3H3,(H,21,24). The first kappa shape index (κ1) is 20.6. The van der Waals surface area contributed by atoms with E-state index in [4.69, 9.17) is 4.74 Å². The molecule has 1 aromatic carbocycles. The van der Waals surface area contributed by atoms with E-state index in [-0.39, 0.29) is 23.9 Å². The van der Waals surface area contributed by atoms with Crippen LogP contribution in [0.4, 0.5) is 0 Å². The van der Waals surface area contributed by atoms with Gasteiger partial charge in [0.05, 0.1) is 11.1 Å². The summed E-state index contributed by atoms with van der Waals surface area (Å²) in [5.74, 6) is -0.0556. The van der Waals surface area contributed by atoms with Crippen molar-refractivity contribution in [3.8, 4) is 0 Å². The fourth-order valence-electron chi connectivity index (χ4n) is 2.78. The maximum absolute atomic E-state index is 12.7. The van der Waals surface area contributed by atoms with Crippen LogP contribution in [-0.4, -0.2) is 35.9 Å². The predicted octanol–water partition coefficient (Wildman–Crippen LogP) is 3.22. The van der Waals surface area contributed by atoms with Gasteiger partial charge in [-0.1, -0.05) is 29.8 Å². The Morgan fingerprint density at radius 3 is 2.73 bits per heavy atom. The molecular formula is C19H26BrN3O3. The second-order valence-corrected chi connectivity index (χ2v) is 7.51. The van der Waals surface area contributed by atoms with Gasteiger partial charge in [0.2, 0.25) is 5.91 Å². The quantitative estimate of drug-likeness (QED) is 0.628. The molecule has 1 aromatic heterocycles. The molecule has 1 heterocycles. The Balaban J connectivity index is 2.12. The Morgan fingerprint density at radius 2 is 2.04 bits per heavy atom. The summed E-state index contributed by atoms with van der Waals surface area (Å²) in [5, 5.41) is 8.72. The molecule has 0 saturated heterocycles. The van der Waals surface area contributed by atoms with Crippen LogP contribution < -0.4 is 10.9 Å². The molecule has 0 unspecified atom stereocenters. The van der Waals surface area contributed by atoms with E-state index in [1.807, 2.05) is 26.0 Å². The average Bonchev–Trinajstić information content (AvgIpc) is 2.60. The van der Waals surface area contributed by atoms with Crippen molar-refractivity contribution in [2.24, 2.45) is 0 Å². The first-order valence-electron chi connectivity index (χ1n) is 8.90. The number of ether oxygens (including phenoxy) is 1. The van der Waals surface area contributed by atoms with E-state index in [0.717, 1.165) is 41.4 Å². The minimum absolute atomic E-state index is 0.0668. The van der Waals surface area contributed by atoms with Gasteiger partial charge in [0.1, 0.15) is 6.54 Å². The molecule has 26 heavy (non-hydrogen) atoms. The van der Waals surface area contributed by atoms with E-state index in [0.29, 0.717) is 11.9 Å². The number of carbonyl (C=O) groups is 1. The lowest BCUT2D eigenvalue weighted by atomic mass is 10.0. The number of nitrogens with one attached hydrogen (secondary N) is 1. The van der Waals surface area contributed by atoms with Gasteiger partial charge in [-0.05, 0) is 43.4 Å². The smallest absolute Gasteiger partial charge is 0.275 e. The third-order valence-electron chi connectivity index (χ3n) is 4.14. The van der Waals surface area contributed by atoms with E-state index in [1.165, 1.54) is 4.68 Å². The number of halogens is 1. The predicted molar refractivity (Wildman–Crippen MR) is 107 cm³/mol. The molecule has 0 aliphatic heterocycles. The second-order valence-electron chi connectivity index (χ2n) is 6.60. The average molecular weight is 424 g/mol. The van der Waals surface area contributed by atoms with E-state index >= 15 is 0 Å². The van der Waals surface area contributed by atoms with Crippen LogP contribution in [0.1, 0.15) is 44.7 Å². The zero-order valence-electron chi connectivity index (χ0n) is 15.5. The van der Waals surface area contributed by atoms with Crippen LogP contribution in [0.2, 0.25) is 0 Å². The summed E-state index contributed by atoms with van der Waals surface area (Å²) in [7, 11) is 1.68. The zero-order valence-corrected chi connectivity index (χ0v) is 17.1. The van der Waals surface area contributed by atoms with Crippen molar-refractivity contribution >= 4 is 32.6 Å². The molecule has 0 fully saturated rings. The number of aromatic nitrogens is 2. The molecule has 0 spiro atoms. The Morgan fingerprint density at radius 1 is 1.27 bits per heavy atom. The number of rotatable bonds is 9. The van der Waals surface area contributed by atoms with Crippen molar-refractivity contribution in [2.75, 3.05) is 20.3 Å². The number of hydrogen-bond donors (Lipinski definition) is 1. The van der Waals surface area contributed by atoms with Gasteiger partial charge in [0.15, 0.2) is 0 Å². The van der Waals surface area contributed by atoms with Crippen molar-refractivity contribution < 1.29 is 9.53 Å². The minimum Gasteiger partial charge on any atom is -0.385 e. The summed E-state index contributed by atoms with van der Waals surface area (Å²) >= 11 is 3.44. The van der Waals surface area contributed by atoms with Crippen LogP contribution in [0.25, 0.3) is 10.8 Å². The molecule has 2 rings (SSSR count). The van der Waals surface area contributed by atoms with Gasteiger partial charge in [-0.15, -0.1) is 0 Å². The molecule has 0 atom stereocenters. The molecule has 0 aliphatic carbocycles. The number of fused-ring (bicyclic) bond motifs is 1. The number of benzene rings is 1. The summed E-state index contributed by atoms with van der Waals surface area (Å²) in [5.41, 5.74) is 0.570. The molecule has 1 N–H and O–H groups in total. The van der Waals surface area contributed by atoms with Gasteiger partial charge < -0.3 is 10.1 Å². The van der Waals surface area contributed by atoms with Gasteiger partial charge in [-0.25, -0.2) is 4.68 Å². The number of amides is 1. The Bertz CT molecular complexity index is 818. The summed E-state index contributed by atoms with van der Waals surface area (Å²) in [6.07, 6.45) is 2.86. The third-order valence-corrected chi connectivity index (χ3v) is 4.63. The highest BCUT2D eigenvalue weighted by atomic mass is 79.9. The Hall–Kier alpha value is -1.73. The Kier molecular flexibility index (Phi) is 7.78. The fraction of sp³-hybridized carbons (Fsp3) is 0.526. The van der Waals surface area contributed by atoms with Crippen LogP contribution >= 0.6 is 15.9 Å². The molecule has 0 radical (unpaired) electrons. The summed E-state index contributed by atoms with van der Waals surface area (Å²) in [6, 6.07) is 5.52. The summed E-state index contributed by atoms with van der Waals surface area (Å²) < 4.78 is 7.17. The van der Waals surface area contributed by atoms with Gasteiger partial charge in [-0.3, -0.25) is 9.59 Å². The van der Waals surface area contributed by atoms with Gasteiger partial charge in [0.25, 0.3) is 5.56 Å². The van der Waals surface area contributed by atoms with Crippen LogP contribution in [0, 0.1) is 0 Å². The number of methoxy groups -OCH3 is 1. The highest BCUT2D eigenvalue weighted by Crippen LogP contribution is 2.24. The van der Waals surface area contributed by atoms with E-state index < -0.39 is 0 Å². The third kappa shape index (κ3) is 5.38. The molecule has 6 nitrogen and oxygen atoms in total. The van der Waals surface area contributed by atoms with Crippen molar-refractivity contribution in [3.63, 3.8) is 0 Å². The Labute approximate surface area is 162 Å². The lowest BCUT2D eigenvalue weighted by Crippen LogP contribution is -2.34. The van der Waals surface area contributed by atoms with Gasteiger partial charge in [0, 0.05) is 30.1 Å². The van der Waals surface area contributed by atoms with Crippen LogP contribution in [0.3, 0.4) is 0 Å². The fourth-order valence-corrected chi connectivity index (χ4v) is 3.15. The molecule has 2 aromatic rings. The second kappa shape index (κ2) is 9.83. The van der Waals surface area contributed by atoms with E-state index in [1.54, 1.807) is 13.2 Å². The van der Waals surface area contributed by atoms with Gasteiger partial charge >= 0.3 is 0 Å². The maximum Gasteiger partial charge on any atom is 0.275 e. The first-order valence-corrected chi connectivity index (χ1v) is 9.69. The van der Waals surface area contributed by atoms with E-state index in [9.17, 15) is 9.59 Å². The molecule has 0 bridgehead atoms. The van der Waals surface area contributed by atoms with Gasteiger partial charge in [-0.2, -0.15) is 5.10 Å². The lowest BCUT2D eigenvalue weighted by molar-refractivity contribution is -0.121. The van der Waals surface area contributed by atoms with Crippen LogP contribution in [0.15, 0.2) is 27.5 Å². The largest absolute Gasteiger partial charge is 0.385 e. The van der Waals surface area contributed by atoms with Crippen LogP contribution in [-0.2, 0) is 16.1 Å². The molecule has 0 aliphatic rings. The van der Waals surface area contributed by atoms with E-state index in [2.05, 4.69) is 26.3 Å². The van der Waals surface area contributed by atoms with Crippen LogP contribution in [0.5, 0.6) is 0 Å². The number of nitrogens with zero attached hydrogens (tertiary/aromatic N) is 2. The van der Waals surface area contributed by atoms with Crippen molar-refractivity contribution in [3.05, 3.63) is 38.7 Å².